The number of rotatable bonds is 5. The Morgan fingerprint density at radius 1 is 1.15 bits per heavy atom. The lowest BCUT2D eigenvalue weighted by atomic mass is 10.0. The van der Waals surface area contributed by atoms with Crippen LogP contribution >= 0.6 is 11.3 Å². The molecule has 3 aromatic rings. The van der Waals surface area contributed by atoms with Crippen LogP contribution in [0.5, 0.6) is 5.75 Å². The number of pyridine rings is 1. The molecule has 6 heteroatoms. The van der Waals surface area contributed by atoms with Crippen LogP contribution in [0.2, 0.25) is 0 Å². The summed E-state index contributed by atoms with van der Waals surface area (Å²) >= 11 is 1.62. The van der Waals surface area contributed by atoms with E-state index in [0.717, 1.165) is 42.1 Å². The first-order valence-corrected chi connectivity index (χ1v) is 10.0. The number of hydrogen-bond donors (Lipinski definition) is 0. The first-order chi connectivity index (χ1) is 13.3. The molecule has 2 aromatic heterocycles. The van der Waals surface area contributed by atoms with Gasteiger partial charge in [-0.1, -0.05) is 18.2 Å². The molecule has 0 aliphatic carbocycles. The van der Waals surface area contributed by atoms with Crippen LogP contribution < -0.4 is 4.74 Å². The Morgan fingerprint density at radius 2 is 1.96 bits per heavy atom. The van der Waals surface area contributed by atoms with Gasteiger partial charge in [0.25, 0.3) is 5.91 Å². The highest BCUT2D eigenvalue weighted by atomic mass is 32.1. The van der Waals surface area contributed by atoms with Crippen LogP contribution in [0.15, 0.2) is 60.2 Å². The van der Waals surface area contributed by atoms with E-state index in [4.69, 9.17) is 9.72 Å². The zero-order valence-corrected chi connectivity index (χ0v) is 15.8. The Morgan fingerprint density at radius 3 is 2.78 bits per heavy atom. The third-order valence-corrected chi connectivity index (χ3v) is 5.66. The summed E-state index contributed by atoms with van der Waals surface area (Å²) in [5.41, 5.74) is 1.99. The van der Waals surface area contributed by atoms with E-state index in [2.05, 4.69) is 10.4 Å². The predicted molar refractivity (Wildman–Crippen MR) is 106 cm³/mol. The van der Waals surface area contributed by atoms with Crippen LogP contribution in [0, 0.1) is 0 Å². The van der Waals surface area contributed by atoms with Gasteiger partial charge in [-0.2, -0.15) is 0 Å². The Kier molecular flexibility index (Phi) is 5.44. The molecule has 138 valence electrons. The summed E-state index contributed by atoms with van der Waals surface area (Å²) in [5, 5.41) is 3.05. The normalized spacial score (nSPS) is 16.9. The van der Waals surface area contributed by atoms with Crippen LogP contribution in [0.3, 0.4) is 0 Å². The number of piperidine rings is 1. The van der Waals surface area contributed by atoms with Crippen molar-refractivity contribution in [3.8, 4) is 17.0 Å². The highest BCUT2D eigenvalue weighted by Gasteiger charge is 2.30. The second-order valence-corrected chi connectivity index (χ2v) is 7.40. The minimum absolute atomic E-state index is 0.0178. The van der Waals surface area contributed by atoms with Gasteiger partial charge in [0, 0.05) is 29.9 Å². The molecule has 0 N–H and O–H groups in total. The lowest BCUT2D eigenvalue weighted by Crippen LogP contribution is -2.41. The van der Waals surface area contributed by atoms with Gasteiger partial charge in [-0.3, -0.25) is 9.78 Å². The van der Waals surface area contributed by atoms with Crippen molar-refractivity contribution in [3.63, 3.8) is 0 Å². The maximum atomic E-state index is 12.8. The number of carbonyl (C=O) groups is 1. The molecular weight excluding hydrogens is 358 g/mol. The van der Waals surface area contributed by atoms with Crippen LogP contribution in [0.1, 0.15) is 30.3 Å². The molecule has 1 amide bonds. The first kappa shape index (κ1) is 17.7. The highest BCUT2D eigenvalue weighted by Crippen LogP contribution is 2.34. The van der Waals surface area contributed by atoms with Crippen LogP contribution in [-0.4, -0.2) is 33.9 Å². The Labute approximate surface area is 162 Å². The smallest absolute Gasteiger partial charge is 0.261 e. The quantitative estimate of drug-likeness (QED) is 0.662. The van der Waals surface area contributed by atoms with Crippen LogP contribution in [0.25, 0.3) is 11.3 Å². The summed E-state index contributed by atoms with van der Waals surface area (Å²) in [5.74, 6) is 0.734. The molecule has 1 unspecified atom stereocenters. The van der Waals surface area contributed by atoms with Gasteiger partial charge in [-0.25, -0.2) is 4.98 Å². The number of likely N-dealkylation sites (tertiary alicyclic amines) is 1. The number of benzene rings is 1. The average Bonchev–Trinajstić information content (AvgIpc) is 3.23. The molecule has 1 saturated heterocycles. The maximum absolute atomic E-state index is 12.8. The van der Waals surface area contributed by atoms with Gasteiger partial charge in [0.2, 0.25) is 0 Å². The van der Waals surface area contributed by atoms with Gasteiger partial charge in [0.05, 0.1) is 11.7 Å². The average molecular weight is 379 g/mol. The summed E-state index contributed by atoms with van der Waals surface area (Å²) < 4.78 is 5.66. The molecule has 5 nitrogen and oxygen atoms in total. The number of hydrogen-bond acceptors (Lipinski definition) is 5. The Balaban J connectivity index is 1.47. The zero-order chi connectivity index (χ0) is 18.5. The predicted octanol–water partition coefficient (Wildman–Crippen LogP) is 4.34. The van der Waals surface area contributed by atoms with Gasteiger partial charge in [-0.05, 0) is 43.5 Å². The molecule has 0 bridgehead atoms. The summed E-state index contributed by atoms with van der Waals surface area (Å²) in [4.78, 5) is 23.6. The fourth-order valence-electron chi connectivity index (χ4n) is 3.33. The molecule has 1 aromatic carbocycles. The van der Waals surface area contributed by atoms with Gasteiger partial charge in [-0.15, -0.1) is 11.3 Å². The van der Waals surface area contributed by atoms with E-state index in [0.29, 0.717) is 5.75 Å². The standard InChI is InChI=1S/C21H21N3O2S/c25-20(14-26-17-6-2-1-3-7-17)24-13-5-4-8-19(24)21-23-18(15-27-21)16-9-11-22-12-10-16/h1-3,6-7,9-12,15,19H,4-5,8,13-14H2. The molecule has 27 heavy (non-hydrogen) atoms. The molecular formula is C21H21N3O2S. The molecule has 1 aliphatic heterocycles. The summed E-state index contributed by atoms with van der Waals surface area (Å²) in [6, 6.07) is 13.4. The number of ether oxygens (including phenoxy) is 1. The lowest BCUT2D eigenvalue weighted by molar-refractivity contribution is -0.137. The fraction of sp³-hybridized carbons (Fsp3) is 0.286. The largest absolute Gasteiger partial charge is 0.484 e. The van der Waals surface area contributed by atoms with Gasteiger partial charge < -0.3 is 9.64 Å². The maximum Gasteiger partial charge on any atom is 0.261 e. The molecule has 1 atom stereocenters. The topological polar surface area (TPSA) is 55.3 Å². The van der Waals surface area contributed by atoms with Crippen molar-refractivity contribution >= 4 is 17.2 Å². The van der Waals surface area contributed by atoms with Crippen molar-refractivity contribution in [1.29, 1.82) is 0 Å². The number of thiazole rings is 1. The Bertz CT molecular complexity index is 883. The van der Waals surface area contributed by atoms with E-state index in [9.17, 15) is 4.79 Å². The minimum Gasteiger partial charge on any atom is -0.484 e. The van der Waals surface area contributed by atoms with Gasteiger partial charge >= 0.3 is 0 Å². The number of para-hydroxylation sites is 1. The van der Waals surface area contributed by atoms with E-state index < -0.39 is 0 Å². The van der Waals surface area contributed by atoms with E-state index in [1.165, 1.54) is 0 Å². The second-order valence-electron chi connectivity index (χ2n) is 6.51. The van der Waals surface area contributed by atoms with Gasteiger partial charge in [0.1, 0.15) is 10.8 Å². The first-order valence-electron chi connectivity index (χ1n) is 9.14. The molecule has 1 fully saturated rings. The summed E-state index contributed by atoms with van der Waals surface area (Å²) in [6.07, 6.45) is 6.62. The summed E-state index contributed by atoms with van der Waals surface area (Å²) in [7, 11) is 0. The molecule has 1 aliphatic rings. The van der Waals surface area contributed by atoms with Crippen molar-refractivity contribution in [1.82, 2.24) is 14.9 Å². The number of carbonyl (C=O) groups excluding carboxylic acids is 1. The second kappa shape index (κ2) is 8.31. The van der Waals surface area contributed by atoms with Crippen molar-refractivity contribution in [2.45, 2.75) is 25.3 Å². The van der Waals surface area contributed by atoms with Crippen molar-refractivity contribution < 1.29 is 9.53 Å². The molecule has 0 saturated carbocycles. The van der Waals surface area contributed by atoms with E-state index >= 15 is 0 Å². The molecule has 3 heterocycles. The highest BCUT2D eigenvalue weighted by molar-refractivity contribution is 7.10. The van der Waals surface area contributed by atoms with E-state index in [-0.39, 0.29) is 18.6 Å². The van der Waals surface area contributed by atoms with Crippen molar-refractivity contribution in [2.75, 3.05) is 13.2 Å². The van der Waals surface area contributed by atoms with Crippen LogP contribution in [-0.2, 0) is 4.79 Å². The number of aromatic nitrogens is 2. The Hall–Kier alpha value is -2.73. The SMILES string of the molecule is O=C(COc1ccccc1)N1CCCCC1c1nc(-c2ccncc2)cs1. The zero-order valence-electron chi connectivity index (χ0n) is 15.0. The molecule has 4 rings (SSSR count). The van der Waals surface area contributed by atoms with Gasteiger partial charge in [0.15, 0.2) is 6.61 Å². The van der Waals surface area contributed by atoms with E-state index in [1.807, 2.05) is 47.4 Å². The van der Waals surface area contributed by atoms with Crippen molar-refractivity contribution in [3.05, 3.63) is 65.2 Å². The molecule has 0 spiro atoms. The van der Waals surface area contributed by atoms with Crippen LogP contribution in [0.4, 0.5) is 0 Å². The third kappa shape index (κ3) is 4.17. The lowest BCUT2D eigenvalue weighted by Gasteiger charge is -2.34. The number of amides is 1. The monoisotopic (exact) mass is 379 g/mol. The molecule has 0 radical (unpaired) electrons. The number of nitrogens with zero attached hydrogens (tertiary/aromatic N) is 3. The van der Waals surface area contributed by atoms with Crippen molar-refractivity contribution in [2.24, 2.45) is 0 Å². The third-order valence-electron chi connectivity index (χ3n) is 4.71. The fourth-order valence-corrected chi connectivity index (χ4v) is 4.30. The minimum atomic E-state index is 0.0178. The van der Waals surface area contributed by atoms with E-state index in [1.54, 1.807) is 23.7 Å². The summed E-state index contributed by atoms with van der Waals surface area (Å²) in [6.45, 7) is 0.814.